The third-order valence-corrected chi connectivity index (χ3v) is 4.36. The Bertz CT molecular complexity index is 364. The zero-order valence-electron chi connectivity index (χ0n) is 11.6. The Balaban J connectivity index is 1.62. The van der Waals surface area contributed by atoms with E-state index in [0.717, 1.165) is 16.1 Å². The molecule has 1 aliphatic rings. The van der Waals surface area contributed by atoms with Crippen molar-refractivity contribution in [2.24, 2.45) is 5.92 Å². The summed E-state index contributed by atoms with van der Waals surface area (Å²) in [7, 11) is 0. The van der Waals surface area contributed by atoms with Crippen molar-refractivity contribution < 1.29 is 9.47 Å². The van der Waals surface area contributed by atoms with Gasteiger partial charge < -0.3 is 9.47 Å². The summed E-state index contributed by atoms with van der Waals surface area (Å²) >= 11 is 3.41. The van der Waals surface area contributed by atoms with E-state index >= 15 is 0 Å². The molecular formula is C16H23BrO2. The van der Waals surface area contributed by atoms with Crippen LogP contribution in [0.4, 0.5) is 0 Å². The van der Waals surface area contributed by atoms with Crippen molar-refractivity contribution in [1.29, 1.82) is 0 Å². The molecule has 0 radical (unpaired) electrons. The van der Waals surface area contributed by atoms with Crippen LogP contribution < -0.4 is 4.74 Å². The summed E-state index contributed by atoms with van der Waals surface area (Å²) in [4.78, 5) is 0. The van der Waals surface area contributed by atoms with Crippen LogP contribution in [0.1, 0.15) is 39.0 Å². The average molecular weight is 327 g/mol. The van der Waals surface area contributed by atoms with Gasteiger partial charge in [0, 0.05) is 4.47 Å². The molecule has 1 aromatic carbocycles. The maximum Gasteiger partial charge on any atom is 0.119 e. The van der Waals surface area contributed by atoms with E-state index in [2.05, 4.69) is 22.9 Å². The molecule has 2 nitrogen and oxygen atoms in total. The van der Waals surface area contributed by atoms with E-state index in [4.69, 9.17) is 9.47 Å². The van der Waals surface area contributed by atoms with Crippen LogP contribution in [0, 0.1) is 5.92 Å². The Hall–Kier alpha value is -0.540. The van der Waals surface area contributed by atoms with E-state index in [0.29, 0.717) is 19.3 Å². The van der Waals surface area contributed by atoms with Gasteiger partial charge >= 0.3 is 0 Å². The van der Waals surface area contributed by atoms with Crippen LogP contribution in [0.25, 0.3) is 0 Å². The third kappa shape index (κ3) is 5.15. The van der Waals surface area contributed by atoms with Crippen LogP contribution in [0.2, 0.25) is 0 Å². The Kier molecular flexibility index (Phi) is 6.18. The Labute approximate surface area is 124 Å². The SMILES string of the molecule is CCC1CCCC(OCCOc2ccc(Br)cc2)C1. The highest BCUT2D eigenvalue weighted by Gasteiger charge is 2.20. The molecule has 0 aliphatic heterocycles. The molecule has 2 atom stereocenters. The molecule has 3 heteroatoms. The Morgan fingerprint density at radius 1 is 1.16 bits per heavy atom. The monoisotopic (exact) mass is 326 g/mol. The van der Waals surface area contributed by atoms with E-state index in [-0.39, 0.29) is 0 Å². The molecule has 19 heavy (non-hydrogen) atoms. The Morgan fingerprint density at radius 2 is 1.95 bits per heavy atom. The van der Waals surface area contributed by atoms with Crippen LogP contribution in [0.15, 0.2) is 28.7 Å². The molecule has 1 fully saturated rings. The first-order valence-corrected chi connectivity index (χ1v) is 8.07. The molecule has 0 N–H and O–H groups in total. The summed E-state index contributed by atoms with van der Waals surface area (Å²) in [6, 6.07) is 7.92. The van der Waals surface area contributed by atoms with Gasteiger partial charge in [0.15, 0.2) is 0 Å². The lowest BCUT2D eigenvalue weighted by Crippen LogP contribution is -2.24. The minimum Gasteiger partial charge on any atom is -0.491 e. The molecule has 0 bridgehead atoms. The van der Waals surface area contributed by atoms with Gasteiger partial charge in [-0.25, -0.2) is 0 Å². The highest BCUT2D eigenvalue weighted by molar-refractivity contribution is 9.10. The first kappa shape index (κ1) is 14.9. The number of rotatable bonds is 6. The first-order chi connectivity index (χ1) is 9.28. The fourth-order valence-electron chi connectivity index (χ4n) is 2.67. The van der Waals surface area contributed by atoms with E-state index < -0.39 is 0 Å². The highest BCUT2D eigenvalue weighted by Crippen LogP contribution is 2.28. The van der Waals surface area contributed by atoms with Gasteiger partial charge in [0.1, 0.15) is 12.4 Å². The average Bonchev–Trinajstić information content (AvgIpc) is 2.46. The quantitative estimate of drug-likeness (QED) is 0.698. The van der Waals surface area contributed by atoms with Crippen molar-refractivity contribution in [3.05, 3.63) is 28.7 Å². The number of benzene rings is 1. The molecule has 0 heterocycles. The fourth-order valence-corrected chi connectivity index (χ4v) is 2.93. The van der Waals surface area contributed by atoms with Crippen molar-refractivity contribution in [2.75, 3.05) is 13.2 Å². The molecule has 106 valence electrons. The van der Waals surface area contributed by atoms with Crippen molar-refractivity contribution in [3.8, 4) is 5.75 Å². The van der Waals surface area contributed by atoms with Crippen LogP contribution >= 0.6 is 15.9 Å². The standard InChI is InChI=1S/C16H23BrO2/c1-2-13-4-3-5-16(12-13)19-11-10-18-15-8-6-14(17)7-9-15/h6-9,13,16H,2-5,10-12H2,1H3. The van der Waals surface area contributed by atoms with E-state index in [1.807, 2.05) is 24.3 Å². The zero-order chi connectivity index (χ0) is 13.5. The summed E-state index contributed by atoms with van der Waals surface area (Å²) in [5.41, 5.74) is 0. The van der Waals surface area contributed by atoms with Crippen molar-refractivity contribution in [2.45, 2.75) is 45.1 Å². The van der Waals surface area contributed by atoms with Crippen molar-refractivity contribution >= 4 is 15.9 Å². The zero-order valence-corrected chi connectivity index (χ0v) is 13.2. The largest absolute Gasteiger partial charge is 0.491 e. The number of halogens is 1. The van der Waals surface area contributed by atoms with Crippen molar-refractivity contribution in [1.82, 2.24) is 0 Å². The number of ether oxygens (including phenoxy) is 2. The molecule has 1 aromatic rings. The van der Waals surface area contributed by atoms with Gasteiger partial charge in [-0.05, 0) is 43.0 Å². The van der Waals surface area contributed by atoms with E-state index in [9.17, 15) is 0 Å². The summed E-state index contributed by atoms with van der Waals surface area (Å²) in [6.45, 7) is 3.61. The second-order valence-electron chi connectivity index (χ2n) is 5.24. The molecule has 0 saturated heterocycles. The molecule has 0 amide bonds. The maximum atomic E-state index is 5.93. The molecule has 0 spiro atoms. The third-order valence-electron chi connectivity index (χ3n) is 3.83. The van der Waals surface area contributed by atoms with Crippen LogP contribution in [0.5, 0.6) is 5.75 Å². The second-order valence-corrected chi connectivity index (χ2v) is 6.15. The van der Waals surface area contributed by atoms with Gasteiger partial charge in [0.25, 0.3) is 0 Å². The summed E-state index contributed by atoms with van der Waals surface area (Å²) in [6.07, 6.45) is 6.88. The van der Waals surface area contributed by atoms with Gasteiger partial charge in [0.05, 0.1) is 12.7 Å². The summed E-state index contributed by atoms with van der Waals surface area (Å²) in [5, 5.41) is 0. The van der Waals surface area contributed by atoms with E-state index in [1.54, 1.807) is 0 Å². The molecule has 1 aliphatic carbocycles. The minimum atomic E-state index is 0.451. The molecule has 2 unspecified atom stereocenters. The second kappa shape index (κ2) is 7.91. The van der Waals surface area contributed by atoms with Crippen LogP contribution in [-0.4, -0.2) is 19.3 Å². The van der Waals surface area contributed by atoms with Gasteiger partial charge in [-0.2, -0.15) is 0 Å². The lowest BCUT2D eigenvalue weighted by atomic mass is 9.85. The summed E-state index contributed by atoms with van der Waals surface area (Å²) < 4.78 is 12.7. The van der Waals surface area contributed by atoms with Crippen LogP contribution in [-0.2, 0) is 4.74 Å². The number of hydrogen-bond acceptors (Lipinski definition) is 2. The Morgan fingerprint density at radius 3 is 2.68 bits per heavy atom. The molecule has 2 rings (SSSR count). The van der Waals surface area contributed by atoms with Gasteiger partial charge in [-0.15, -0.1) is 0 Å². The minimum absolute atomic E-state index is 0.451. The van der Waals surface area contributed by atoms with E-state index in [1.165, 1.54) is 32.1 Å². The first-order valence-electron chi connectivity index (χ1n) is 7.28. The lowest BCUT2D eigenvalue weighted by Gasteiger charge is -2.28. The van der Waals surface area contributed by atoms with Gasteiger partial charge in [0.2, 0.25) is 0 Å². The lowest BCUT2D eigenvalue weighted by molar-refractivity contribution is -0.000660. The molecule has 1 saturated carbocycles. The predicted octanol–water partition coefficient (Wildman–Crippen LogP) is 4.81. The predicted molar refractivity (Wildman–Crippen MR) is 81.6 cm³/mol. The fraction of sp³-hybridized carbons (Fsp3) is 0.625. The van der Waals surface area contributed by atoms with Crippen molar-refractivity contribution in [3.63, 3.8) is 0 Å². The van der Waals surface area contributed by atoms with Gasteiger partial charge in [-0.1, -0.05) is 42.1 Å². The smallest absolute Gasteiger partial charge is 0.119 e. The topological polar surface area (TPSA) is 18.5 Å². The molecule has 0 aromatic heterocycles. The highest BCUT2D eigenvalue weighted by atomic mass is 79.9. The maximum absolute atomic E-state index is 5.93. The van der Waals surface area contributed by atoms with Gasteiger partial charge in [-0.3, -0.25) is 0 Å². The summed E-state index contributed by atoms with van der Waals surface area (Å²) in [5.74, 6) is 1.77. The normalized spacial score (nSPS) is 23.3. The van der Waals surface area contributed by atoms with Crippen LogP contribution in [0.3, 0.4) is 0 Å². The number of hydrogen-bond donors (Lipinski definition) is 0. The molecular weight excluding hydrogens is 304 g/mol.